The van der Waals surface area contributed by atoms with E-state index in [1.54, 1.807) is 0 Å². The molecule has 1 aromatic carbocycles. The molecule has 1 unspecified atom stereocenters. The molecule has 112 valence electrons. The summed E-state index contributed by atoms with van der Waals surface area (Å²) in [5.74, 6) is 2.36. The minimum absolute atomic E-state index is 0.729. The van der Waals surface area contributed by atoms with Crippen molar-refractivity contribution >= 4 is 28.4 Å². The number of benzene rings is 1. The smallest absolute Gasteiger partial charge is 0.136 e. The minimum atomic E-state index is 0.729. The molecule has 1 aliphatic heterocycles. The van der Waals surface area contributed by atoms with E-state index in [9.17, 15) is 0 Å². The van der Waals surface area contributed by atoms with E-state index in [1.165, 1.54) is 22.9 Å². The van der Waals surface area contributed by atoms with Crippen LogP contribution in [0.25, 0.3) is 10.8 Å². The monoisotopic (exact) mass is 301 g/mol. The standard InChI is InChI=1S/C17H23N3S/c1-3-15-12-20(8-9-21-15)17-16-7-5-4-6-13(16)10-14(19-17)11-18-2/h4-7,10,15,18H,3,8-9,11-12H2,1-2H3. The van der Waals surface area contributed by atoms with Crippen LogP contribution in [0.5, 0.6) is 0 Å². The zero-order valence-corrected chi connectivity index (χ0v) is 13.6. The molecule has 3 nitrogen and oxygen atoms in total. The van der Waals surface area contributed by atoms with Gasteiger partial charge in [0.2, 0.25) is 0 Å². The number of pyridine rings is 1. The number of rotatable bonds is 4. The van der Waals surface area contributed by atoms with E-state index >= 15 is 0 Å². The lowest BCUT2D eigenvalue weighted by atomic mass is 10.1. The summed E-state index contributed by atoms with van der Waals surface area (Å²) in [5, 5.41) is 6.51. The maximum atomic E-state index is 4.94. The summed E-state index contributed by atoms with van der Waals surface area (Å²) in [6.07, 6.45) is 1.23. The molecule has 3 rings (SSSR count). The second-order valence-electron chi connectivity index (χ2n) is 5.54. The molecule has 0 saturated carbocycles. The fourth-order valence-electron chi connectivity index (χ4n) is 2.91. The summed E-state index contributed by atoms with van der Waals surface area (Å²) in [4.78, 5) is 7.42. The van der Waals surface area contributed by atoms with Gasteiger partial charge in [-0.1, -0.05) is 31.2 Å². The summed E-state index contributed by atoms with van der Waals surface area (Å²) >= 11 is 2.10. The van der Waals surface area contributed by atoms with Crippen molar-refractivity contribution in [2.24, 2.45) is 0 Å². The summed E-state index contributed by atoms with van der Waals surface area (Å²) in [5.41, 5.74) is 1.12. The summed E-state index contributed by atoms with van der Waals surface area (Å²) in [6, 6.07) is 10.8. The van der Waals surface area contributed by atoms with E-state index in [-0.39, 0.29) is 0 Å². The van der Waals surface area contributed by atoms with Crippen molar-refractivity contribution in [1.29, 1.82) is 0 Å². The van der Waals surface area contributed by atoms with E-state index in [4.69, 9.17) is 4.98 Å². The highest BCUT2D eigenvalue weighted by atomic mass is 32.2. The molecule has 0 aliphatic carbocycles. The Morgan fingerprint density at radius 3 is 3.05 bits per heavy atom. The number of hydrogen-bond donors (Lipinski definition) is 1. The summed E-state index contributed by atoms with van der Waals surface area (Å²) in [6.45, 7) is 5.31. The van der Waals surface area contributed by atoms with Gasteiger partial charge < -0.3 is 10.2 Å². The highest BCUT2D eigenvalue weighted by molar-refractivity contribution is 8.00. The molecule has 0 amide bonds. The molecule has 1 saturated heterocycles. The van der Waals surface area contributed by atoms with Gasteiger partial charge in [0.1, 0.15) is 5.82 Å². The molecule has 1 aliphatic rings. The van der Waals surface area contributed by atoms with Crippen LogP contribution in [0.3, 0.4) is 0 Å². The van der Waals surface area contributed by atoms with Crippen LogP contribution in [0.1, 0.15) is 19.0 Å². The fourth-order valence-corrected chi connectivity index (χ4v) is 4.09. The van der Waals surface area contributed by atoms with Crippen molar-refractivity contribution in [3.63, 3.8) is 0 Å². The van der Waals surface area contributed by atoms with Gasteiger partial charge in [-0.05, 0) is 24.9 Å². The second-order valence-corrected chi connectivity index (χ2v) is 6.94. The van der Waals surface area contributed by atoms with E-state index < -0.39 is 0 Å². The third kappa shape index (κ3) is 3.16. The van der Waals surface area contributed by atoms with Crippen LogP contribution in [0.4, 0.5) is 5.82 Å². The zero-order valence-electron chi connectivity index (χ0n) is 12.8. The van der Waals surface area contributed by atoms with Crippen LogP contribution in [0, 0.1) is 0 Å². The predicted octanol–water partition coefficient (Wildman–Crippen LogP) is 3.29. The van der Waals surface area contributed by atoms with Crippen molar-refractivity contribution in [2.45, 2.75) is 25.1 Å². The number of anilines is 1. The third-order valence-corrected chi connectivity index (χ3v) is 5.40. The number of nitrogens with one attached hydrogen (secondary N) is 1. The molecule has 4 heteroatoms. The van der Waals surface area contributed by atoms with Gasteiger partial charge in [0.15, 0.2) is 0 Å². The zero-order chi connectivity index (χ0) is 14.7. The van der Waals surface area contributed by atoms with Gasteiger partial charge in [-0.2, -0.15) is 11.8 Å². The molecule has 0 radical (unpaired) electrons. The van der Waals surface area contributed by atoms with Crippen molar-refractivity contribution < 1.29 is 0 Å². The van der Waals surface area contributed by atoms with E-state index in [0.29, 0.717) is 0 Å². The van der Waals surface area contributed by atoms with Crippen molar-refractivity contribution in [1.82, 2.24) is 10.3 Å². The van der Waals surface area contributed by atoms with Crippen molar-refractivity contribution in [3.8, 4) is 0 Å². The van der Waals surface area contributed by atoms with Gasteiger partial charge in [-0.15, -0.1) is 0 Å². The first-order valence-corrected chi connectivity index (χ1v) is 8.76. The topological polar surface area (TPSA) is 28.2 Å². The van der Waals surface area contributed by atoms with Gasteiger partial charge in [-0.3, -0.25) is 0 Å². The maximum Gasteiger partial charge on any atom is 0.136 e. The average Bonchev–Trinajstić information content (AvgIpc) is 2.54. The average molecular weight is 301 g/mol. The molecule has 1 N–H and O–H groups in total. The van der Waals surface area contributed by atoms with Gasteiger partial charge in [-0.25, -0.2) is 4.98 Å². The van der Waals surface area contributed by atoms with Gasteiger partial charge in [0.25, 0.3) is 0 Å². The van der Waals surface area contributed by atoms with E-state index in [2.05, 4.69) is 59.2 Å². The lowest BCUT2D eigenvalue weighted by Gasteiger charge is -2.33. The van der Waals surface area contributed by atoms with Crippen LogP contribution < -0.4 is 10.2 Å². The van der Waals surface area contributed by atoms with Crippen LogP contribution in [0.15, 0.2) is 30.3 Å². The molecule has 1 aromatic heterocycles. The van der Waals surface area contributed by atoms with Crippen LogP contribution in [-0.4, -0.2) is 36.1 Å². The molecular formula is C17H23N3S. The lowest BCUT2D eigenvalue weighted by Crippen LogP contribution is -2.38. The Morgan fingerprint density at radius 2 is 2.24 bits per heavy atom. The molecule has 1 atom stereocenters. The Balaban J connectivity index is 2.02. The lowest BCUT2D eigenvalue weighted by molar-refractivity contribution is 0.716. The second kappa shape index (κ2) is 6.67. The highest BCUT2D eigenvalue weighted by Crippen LogP contribution is 2.30. The molecular weight excluding hydrogens is 278 g/mol. The fraction of sp³-hybridized carbons (Fsp3) is 0.471. The van der Waals surface area contributed by atoms with Gasteiger partial charge in [0, 0.05) is 36.0 Å². The number of thioether (sulfide) groups is 1. The normalized spacial score (nSPS) is 19.1. The van der Waals surface area contributed by atoms with E-state index in [0.717, 1.165) is 36.4 Å². The van der Waals surface area contributed by atoms with Crippen molar-refractivity contribution in [2.75, 3.05) is 30.8 Å². The molecule has 0 spiro atoms. The first-order valence-electron chi connectivity index (χ1n) is 7.71. The number of aromatic nitrogens is 1. The summed E-state index contributed by atoms with van der Waals surface area (Å²) < 4.78 is 0. The van der Waals surface area contributed by atoms with Gasteiger partial charge in [0.05, 0.1) is 5.69 Å². The van der Waals surface area contributed by atoms with E-state index in [1.807, 2.05) is 7.05 Å². The number of fused-ring (bicyclic) bond motifs is 1. The first kappa shape index (κ1) is 14.7. The first-order chi connectivity index (χ1) is 10.3. The quantitative estimate of drug-likeness (QED) is 0.938. The van der Waals surface area contributed by atoms with Crippen LogP contribution in [0.2, 0.25) is 0 Å². The number of nitrogens with zero attached hydrogens (tertiary/aromatic N) is 2. The molecule has 2 aromatic rings. The number of hydrogen-bond acceptors (Lipinski definition) is 4. The van der Waals surface area contributed by atoms with Crippen LogP contribution in [-0.2, 0) is 6.54 Å². The molecule has 2 heterocycles. The predicted molar refractivity (Wildman–Crippen MR) is 93.3 cm³/mol. The SMILES string of the molecule is CCC1CN(c2nc(CNC)cc3ccccc23)CCS1. The highest BCUT2D eigenvalue weighted by Gasteiger charge is 2.21. The molecule has 1 fully saturated rings. The Hall–Kier alpha value is -1.26. The van der Waals surface area contributed by atoms with Crippen LogP contribution >= 0.6 is 11.8 Å². The third-order valence-electron chi connectivity index (χ3n) is 4.02. The Kier molecular flexibility index (Phi) is 4.66. The van der Waals surface area contributed by atoms with Crippen molar-refractivity contribution in [3.05, 3.63) is 36.0 Å². The summed E-state index contributed by atoms with van der Waals surface area (Å²) in [7, 11) is 1.97. The maximum absolute atomic E-state index is 4.94. The Bertz CT molecular complexity index is 614. The molecule has 21 heavy (non-hydrogen) atoms. The Labute approximate surface area is 131 Å². The van der Waals surface area contributed by atoms with Gasteiger partial charge >= 0.3 is 0 Å². The largest absolute Gasteiger partial charge is 0.354 e. The molecule has 0 bridgehead atoms. The minimum Gasteiger partial charge on any atom is -0.354 e. The Morgan fingerprint density at radius 1 is 1.38 bits per heavy atom.